The van der Waals surface area contributed by atoms with Gasteiger partial charge in [-0.1, -0.05) is 12.1 Å². The number of H-pyrrole nitrogens is 1. The van der Waals surface area contributed by atoms with Crippen molar-refractivity contribution in [1.82, 2.24) is 24.8 Å². The molecule has 1 aliphatic heterocycles. The third-order valence-electron chi connectivity index (χ3n) is 5.19. The molecule has 1 aromatic carbocycles. The van der Waals surface area contributed by atoms with Gasteiger partial charge in [0, 0.05) is 12.6 Å². The molecule has 0 radical (unpaired) electrons. The average Bonchev–Trinajstić information content (AvgIpc) is 3.17. The summed E-state index contributed by atoms with van der Waals surface area (Å²) in [4.78, 5) is 38.6. The van der Waals surface area contributed by atoms with E-state index in [9.17, 15) is 22.8 Å². The van der Waals surface area contributed by atoms with Gasteiger partial charge in [0.05, 0.1) is 10.9 Å². The molecule has 1 fully saturated rings. The number of nitrogens with zero attached hydrogens (tertiary/aromatic N) is 3. The molecule has 12 heteroatoms. The molecule has 1 aliphatic rings. The van der Waals surface area contributed by atoms with E-state index >= 15 is 0 Å². The van der Waals surface area contributed by atoms with E-state index in [1.54, 1.807) is 16.6 Å². The van der Waals surface area contributed by atoms with Crippen LogP contribution in [-0.2, 0) is 4.79 Å². The van der Waals surface area contributed by atoms with Gasteiger partial charge in [-0.2, -0.15) is 18.3 Å². The van der Waals surface area contributed by atoms with Gasteiger partial charge in [0.25, 0.3) is 11.5 Å². The number of benzene rings is 1. The number of aromatic amines is 1. The first-order chi connectivity index (χ1) is 15.1. The van der Waals surface area contributed by atoms with Crippen LogP contribution >= 0.6 is 0 Å². The van der Waals surface area contributed by atoms with E-state index < -0.39 is 12.1 Å². The molecule has 9 nitrogen and oxygen atoms in total. The summed E-state index contributed by atoms with van der Waals surface area (Å²) in [7, 11) is 2.12. The van der Waals surface area contributed by atoms with E-state index in [4.69, 9.17) is 9.90 Å². The highest BCUT2D eigenvalue weighted by Crippen LogP contribution is 2.16. The Morgan fingerprint density at radius 2 is 1.88 bits per heavy atom. The molecule has 1 saturated heterocycles. The third kappa shape index (κ3) is 5.44. The number of halogens is 3. The first-order valence-electron chi connectivity index (χ1n) is 9.84. The van der Waals surface area contributed by atoms with E-state index in [-0.39, 0.29) is 11.5 Å². The van der Waals surface area contributed by atoms with Crippen LogP contribution < -0.4 is 10.9 Å². The molecule has 3 heterocycles. The van der Waals surface area contributed by atoms with Crippen molar-refractivity contribution in [3.05, 3.63) is 46.4 Å². The zero-order valence-corrected chi connectivity index (χ0v) is 17.1. The lowest BCUT2D eigenvalue weighted by Crippen LogP contribution is -2.37. The molecule has 0 bridgehead atoms. The first-order valence-corrected chi connectivity index (χ1v) is 9.84. The number of hydrogen-bond acceptors (Lipinski definition) is 5. The number of aromatic nitrogens is 3. The SMILES string of the molecule is CN1CCC(CNC(=O)c2cc3[nH]c(=O)c4ccccc4n3n2)CC1.O=C(O)C(F)(F)F. The molecule has 0 spiro atoms. The molecule has 3 N–H and O–H groups in total. The van der Waals surface area contributed by atoms with Crippen molar-refractivity contribution in [2.24, 2.45) is 5.92 Å². The topological polar surface area (TPSA) is 120 Å². The minimum absolute atomic E-state index is 0.179. The van der Waals surface area contributed by atoms with Gasteiger partial charge in [-0.15, -0.1) is 0 Å². The normalized spacial score (nSPS) is 15.4. The van der Waals surface area contributed by atoms with Crippen LogP contribution in [-0.4, -0.2) is 69.3 Å². The van der Waals surface area contributed by atoms with E-state index in [0.29, 0.717) is 34.7 Å². The molecule has 2 aromatic heterocycles. The largest absolute Gasteiger partial charge is 0.490 e. The molecule has 0 saturated carbocycles. The quantitative estimate of drug-likeness (QED) is 0.557. The summed E-state index contributed by atoms with van der Waals surface area (Å²) in [5.74, 6) is -2.45. The fourth-order valence-electron chi connectivity index (χ4n) is 3.39. The van der Waals surface area contributed by atoms with E-state index in [2.05, 4.69) is 27.3 Å². The van der Waals surface area contributed by atoms with Crippen LogP contribution in [0.3, 0.4) is 0 Å². The third-order valence-corrected chi connectivity index (χ3v) is 5.19. The summed E-state index contributed by atoms with van der Waals surface area (Å²) >= 11 is 0. The highest BCUT2D eigenvalue weighted by Gasteiger charge is 2.38. The Balaban J connectivity index is 0.000000360. The number of carbonyl (C=O) groups is 2. The summed E-state index contributed by atoms with van der Waals surface area (Å²) in [6, 6.07) is 8.85. The van der Waals surface area contributed by atoms with Crippen LogP contribution in [0.25, 0.3) is 16.6 Å². The number of rotatable bonds is 3. The maximum Gasteiger partial charge on any atom is 0.490 e. The van der Waals surface area contributed by atoms with Crippen molar-refractivity contribution in [2.75, 3.05) is 26.7 Å². The highest BCUT2D eigenvalue weighted by molar-refractivity contribution is 5.94. The van der Waals surface area contributed by atoms with E-state index in [1.807, 2.05) is 18.2 Å². The zero-order chi connectivity index (χ0) is 23.5. The molecular weight excluding hydrogens is 431 g/mol. The molecule has 4 rings (SSSR count). The summed E-state index contributed by atoms with van der Waals surface area (Å²) in [6.07, 6.45) is -2.89. The minimum Gasteiger partial charge on any atom is -0.475 e. The summed E-state index contributed by atoms with van der Waals surface area (Å²) in [5, 5.41) is 15.0. The Hall–Kier alpha value is -3.41. The lowest BCUT2D eigenvalue weighted by atomic mass is 9.97. The second kappa shape index (κ2) is 9.39. The molecular formula is C20H22F3N5O4. The molecule has 0 aliphatic carbocycles. The standard InChI is InChI=1S/C18H21N5O2.C2HF3O2/c1-22-8-6-12(7-9-22)11-19-18(25)14-10-16-20-17(24)13-4-2-3-5-15(13)23(16)21-14;3-2(4,5)1(6)7/h2-5,10,12H,6-9,11H2,1H3,(H,19,25)(H,20,24);(H,6,7). The Morgan fingerprint density at radius 3 is 2.50 bits per heavy atom. The second-order valence-corrected chi connectivity index (χ2v) is 7.56. The number of carboxylic acid groups (broad SMARTS) is 1. The molecule has 3 aromatic rings. The van der Waals surface area contributed by atoms with Crippen LogP contribution in [0.4, 0.5) is 13.2 Å². The average molecular weight is 453 g/mol. The molecule has 0 unspecified atom stereocenters. The first kappa shape index (κ1) is 23.3. The van der Waals surface area contributed by atoms with Gasteiger partial charge in [0.2, 0.25) is 0 Å². The monoisotopic (exact) mass is 453 g/mol. The lowest BCUT2D eigenvalue weighted by Gasteiger charge is -2.28. The number of hydrogen-bond donors (Lipinski definition) is 3. The predicted octanol–water partition coefficient (Wildman–Crippen LogP) is 1.88. The Kier molecular flexibility index (Phi) is 6.82. The van der Waals surface area contributed by atoms with Crippen LogP contribution in [0, 0.1) is 5.92 Å². The summed E-state index contributed by atoms with van der Waals surface area (Å²) in [5.41, 5.74) is 1.35. The fraction of sp³-hybridized carbons (Fsp3) is 0.400. The number of likely N-dealkylation sites (tertiary alicyclic amines) is 1. The number of piperidine rings is 1. The van der Waals surface area contributed by atoms with Gasteiger partial charge in [0.1, 0.15) is 5.65 Å². The van der Waals surface area contributed by atoms with Crippen LogP contribution in [0.1, 0.15) is 23.3 Å². The number of aliphatic carboxylic acids is 1. The molecule has 1 amide bonds. The van der Waals surface area contributed by atoms with Crippen LogP contribution in [0.15, 0.2) is 35.1 Å². The Bertz CT molecular complexity index is 1180. The Morgan fingerprint density at radius 1 is 1.25 bits per heavy atom. The summed E-state index contributed by atoms with van der Waals surface area (Å²) < 4.78 is 33.3. The summed E-state index contributed by atoms with van der Waals surface area (Å²) in [6.45, 7) is 2.81. The second-order valence-electron chi connectivity index (χ2n) is 7.56. The maximum atomic E-state index is 12.5. The smallest absolute Gasteiger partial charge is 0.475 e. The van der Waals surface area contributed by atoms with Gasteiger partial charge in [-0.3, -0.25) is 9.59 Å². The van der Waals surface area contributed by atoms with Crippen molar-refractivity contribution in [2.45, 2.75) is 19.0 Å². The minimum atomic E-state index is -5.08. The van der Waals surface area contributed by atoms with Crippen LogP contribution in [0.2, 0.25) is 0 Å². The predicted molar refractivity (Wildman–Crippen MR) is 110 cm³/mol. The van der Waals surface area contributed by atoms with E-state index in [1.165, 1.54) is 0 Å². The number of alkyl halides is 3. The van der Waals surface area contributed by atoms with Gasteiger partial charge in [-0.05, 0) is 51.0 Å². The number of para-hydroxylation sites is 1. The maximum absolute atomic E-state index is 12.5. The van der Waals surface area contributed by atoms with Crippen molar-refractivity contribution in [1.29, 1.82) is 0 Å². The van der Waals surface area contributed by atoms with Crippen molar-refractivity contribution >= 4 is 28.4 Å². The van der Waals surface area contributed by atoms with Crippen molar-refractivity contribution in [3.8, 4) is 0 Å². The van der Waals surface area contributed by atoms with Gasteiger partial charge >= 0.3 is 12.1 Å². The molecule has 172 valence electrons. The Labute approximate surface area is 179 Å². The zero-order valence-electron chi connectivity index (χ0n) is 17.1. The number of carbonyl (C=O) groups excluding carboxylic acids is 1. The lowest BCUT2D eigenvalue weighted by molar-refractivity contribution is -0.192. The number of amides is 1. The number of carboxylic acids is 1. The van der Waals surface area contributed by atoms with E-state index in [0.717, 1.165) is 25.9 Å². The fourth-order valence-corrected chi connectivity index (χ4v) is 3.39. The highest BCUT2D eigenvalue weighted by atomic mass is 19.4. The van der Waals surface area contributed by atoms with Crippen molar-refractivity contribution < 1.29 is 27.9 Å². The van der Waals surface area contributed by atoms with Gasteiger partial charge in [0.15, 0.2) is 5.69 Å². The van der Waals surface area contributed by atoms with Crippen molar-refractivity contribution in [3.63, 3.8) is 0 Å². The van der Waals surface area contributed by atoms with Gasteiger partial charge in [-0.25, -0.2) is 9.31 Å². The molecule has 0 atom stereocenters. The molecule has 32 heavy (non-hydrogen) atoms. The van der Waals surface area contributed by atoms with Gasteiger partial charge < -0.3 is 20.3 Å². The number of fused-ring (bicyclic) bond motifs is 3. The van der Waals surface area contributed by atoms with Crippen LogP contribution in [0.5, 0.6) is 0 Å². The number of nitrogens with one attached hydrogen (secondary N) is 2.